The molecule has 1 aliphatic heterocycles. The molecule has 1 aromatic carbocycles. The highest BCUT2D eigenvalue weighted by Crippen LogP contribution is 2.20. The van der Waals surface area contributed by atoms with Gasteiger partial charge in [-0.05, 0) is 30.7 Å². The Morgan fingerprint density at radius 1 is 1.61 bits per heavy atom. The lowest BCUT2D eigenvalue weighted by molar-refractivity contribution is -0.116. The van der Waals surface area contributed by atoms with E-state index in [-0.39, 0.29) is 5.91 Å². The molecule has 3 nitrogen and oxygen atoms in total. The van der Waals surface area contributed by atoms with E-state index in [0.717, 1.165) is 33.8 Å². The van der Waals surface area contributed by atoms with Gasteiger partial charge in [-0.3, -0.25) is 4.79 Å². The maximum Gasteiger partial charge on any atom is 0.225 e. The van der Waals surface area contributed by atoms with Crippen LogP contribution in [0.2, 0.25) is 0 Å². The van der Waals surface area contributed by atoms with Crippen LogP contribution in [0.25, 0.3) is 0 Å². The molecule has 1 heterocycles. The van der Waals surface area contributed by atoms with Crippen molar-refractivity contribution < 1.29 is 4.79 Å². The van der Waals surface area contributed by atoms with Crippen molar-refractivity contribution in [2.24, 2.45) is 0 Å². The van der Waals surface area contributed by atoms with E-state index in [1.54, 1.807) is 0 Å². The molecule has 0 aliphatic carbocycles. The molecule has 2 rings (SSSR count). The molecule has 1 unspecified atom stereocenters. The highest BCUT2D eigenvalue weighted by Gasteiger charge is 2.16. The van der Waals surface area contributed by atoms with Crippen molar-refractivity contribution in [3.8, 4) is 0 Å². The molecule has 98 valence electrons. The van der Waals surface area contributed by atoms with Crippen molar-refractivity contribution in [3.63, 3.8) is 0 Å². The minimum absolute atomic E-state index is 0.0803. The van der Waals surface area contributed by atoms with E-state index < -0.39 is 0 Å². The Labute approximate surface area is 120 Å². The monoisotopic (exact) mass is 328 g/mol. The lowest BCUT2D eigenvalue weighted by atomic mass is 10.2. The number of rotatable bonds is 3. The number of nitrogens with one attached hydrogen (secondary N) is 2. The van der Waals surface area contributed by atoms with Crippen molar-refractivity contribution in [1.82, 2.24) is 5.32 Å². The molecule has 1 aliphatic rings. The number of thioether (sulfide) groups is 1. The molecule has 5 heteroatoms. The summed E-state index contributed by atoms with van der Waals surface area (Å²) in [7, 11) is 0. The molecule has 0 aromatic heterocycles. The SMILES string of the molecule is Cc1cc(NC(=O)CC2CSCCN2)ccc1Br. The van der Waals surface area contributed by atoms with Gasteiger partial charge in [0.25, 0.3) is 0 Å². The lowest BCUT2D eigenvalue weighted by Gasteiger charge is -2.22. The van der Waals surface area contributed by atoms with Gasteiger partial charge < -0.3 is 10.6 Å². The highest BCUT2D eigenvalue weighted by molar-refractivity contribution is 9.10. The molecule has 1 saturated heterocycles. The van der Waals surface area contributed by atoms with Crippen molar-refractivity contribution >= 4 is 39.3 Å². The summed E-state index contributed by atoms with van der Waals surface area (Å²) in [6.07, 6.45) is 0.544. The molecule has 1 fully saturated rings. The normalized spacial score (nSPS) is 19.6. The third kappa shape index (κ3) is 4.00. The van der Waals surface area contributed by atoms with Crippen LogP contribution >= 0.6 is 27.7 Å². The van der Waals surface area contributed by atoms with Crippen LogP contribution in [0.5, 0.6) is 0 Å². The fourth-order valence-electron chi connectivity index (χ4n) is 1.91. The Morgan fingerprint density at radius 2 is 2.44 bits per heavy atom. The number of carbonyl (C=O) groups excluding carboxylic acids is 1. The largest absolute Gasteiger partial charge is 0.326 e. The average molecular weight is 329 g/mol. The fraction of sp³-hybridized carbons (Fsp3) is 0.462. The number of hydrogen-bond acceptors (Lipinski definition) is 3. The number of amides is 1. The second-order valence-electron chi connectivity index (χ2n) is 4.44. The van der Waals surface area contributed by atoms with Crippen LogP contribution in [0.3, 0.4) is 0 Å². The zero-order valence-corrected chi connectivity index (χ0v) is 12.7. The maximum absolute atomic E-state index is 11.9. The summed E-state index contributed by atoms with van der Waals surface area (Å²) in [5.41, 5.74) is 1.99. The van der Waals surface area contributed by atoms with Crippen LogP contribution < -0.4 is 10.6 Å². The predicted octanol–water partition coefficient (Wildman–Crippen LogP) is 2.79. The first-order chi connectivity index (χ1) is 8.65. The van der Waals surface area contributed by atoms with E-state index in [4.69, 9.17) is 0 Å². The second-order valence-corrected chi connectivity index (χ2v) is 6.45. The van der Waals surface area contributed by atoms with Crippen molar-refractivity contribution in [2.45, 2.75) is 19.4 Å². The molecule has 0 bridgehead atoms. The topological polar surface area (TPSA) is 41.1 Å². The van der Waals surface area contributed by atoms with Crippen LogP contribution in [0.4, 0.5) is 5.69 Å². The number of hydrogen-bond donors (Lipinski definition) is 2. The van der Waals surface area contributed by atoms with E-state index in [0.29, 0.717) is 12.5 Å². The molecule has 2 N–H and O–H groups in total. The minimum atomic E-state index is 0.0803. The van der Waals surface area contributed by atoms with Crippen LogP contribution in [0.15, 0.2) is 22.7 Å². The summed E-state index contributed by atoms with van der Waals surface area (Å²) in [5.74, 6) is 2.24. The van der Waals surface area contributed by atoms with Gasteiger partial charge in [-0.1, -0.05) is 15.9 Å². The zero-order chi connectivity index (χ0) is 13.0. The fourth-order valence-corrected chi connectivity index (χ4v) is 3.10. The average Bonchev–Trinajstić information content (AvgIpc) is 2.35. The molecular weight excluding hydrogens is 312 g/mol. The van der Waals surface area contributed by atoms with E-state index in [1.165, 1.54) is 0 Å². The molecule has 0 saturated carbocycles. The van der Waals surface area contributed by atoms with Gasteiger partial charge in [0.15, 0.2) is 0 Å². The molecule has 18 heavy (non-hydrogen) atoms. The summed E-state index contributed by atoms with van der Waals surface area (Å²) >= 11 is 5.36. The number of carbonyl (C=O) groups is 1. The van der Waals surface area contributed by atoms with Crippen LogP contribution in [-0.2, 0) is 4.79 Å². The Bertz CT molecular complexity index is 433. The van der Waals surface area contributed by atoms with Gasteiger partial charge in [0.1, 0.15) is 0 Å². The number of benzene rings is 1. The standard InChI is InChI=1S/C13H17BrN2OS/c1-9-6-10(2-3-12(9)14)16-13(17)7-11-8-18-5-4-15-11/h2-3,6,11,15H,4-5,7-8H2,1H3,(H,16,17). The molecule has 0 spiro atoms. The summed E-state index contributed by atoms with van der Waals surface area (Å²) in [6.45, 7) is 3.01. The quantitative estimate of drug-likeness (QED) is 0.896. The van der Waals surface area contributed by atoms with Gasteiger partial charge in [-0.2, -0.15) is 11.8 Å². The highest BCUT2D eigenvalue weighted by atomic mass is 79.9. The van der Waals surface area contributed by atoms with Crippen LogP contribution in [-0.4, -0.2) is 30.0 Å². The van der Waals surface area contributed by atoms with Gasteiger partial charge in [0, 0.05) is 40.7 Å². The van der Waals surface area contributed by atoms with Gasteiger partial charge in [0.05, 0.1) is 0 Å². The first-order valence-electron chi connectivity index (χ1n) is 6.02. The molecular formula is C13H17BrN2OS. The lowest BCUT2D eigenvalue weighted by Crippen LogP contribution is -2.39. The summed E-state index contributed by atoms with van der Waals surface area (Å²) in [6, 6.07) is 6.16. The number of aryl methyl sites for hydroxylation is 1. The Morgan fingerprint density at radius 3 is 3.11 bits per heavy atom. The van der Waals surface area contributed by atoms with Crippen molar-refractivity contribution in [3.05, 3.63) is 28.2 Å². The molecule has 0 radical (unpaired) electrons. The predicted molar refractivity (Wildman–Crippen MR) is 81.2 cm³/mol. The zero-order valence-electron chi connectivity index (χ0n) is 10.3. The molecule has 1 amide bonds. The Balaban J connectivity index is 1.88. The van der Waals surface area contributed by atoms with E-state index >= 15 is 0 Å². The maximum atomic E-state index is 11.9. The third-order valence-electron chi connectivity index (χ3n) is 2.87. The molecule has 1 atom stereocenters. The second kappa shape index (κ2) is 6.59. The Hall–Kier alpha value is -0.520. The van der Waals surface area contributed by atoms with Gasteiger partial charge in [-0.25, -0.2) is 0 Å². The van der Waals surface area contributed by atoms with E-state index in [1.807, 2.05) is 36.9 Å². The van der Waals surface area contributed by atoms with Gasteiger partial charge in [0.2, 0.25) is 5.91 Å². The molecule has 1 aromatic rings. The first kappa shape index (κ1) is 13.9. The minimum Gasteiger partial charge on any atom is -0.326 e. The van der Waals surface area contributed by atoms with Gasteiger partial charge in [-0.15, -0.1) is 0 Å². The van der Waals surface area contributed by atoms with Crippen molar-refractivity contribution in [1.29, 1.82) is 0 Å². The Kier molecular flexibility index (Phi) is 5.09. The summed E-state index contributed by atoms with van der Waals surface area (Å²) in [5, 5.41) is 6.32. The van der Waals surface area contributed by atoms with E-state index in [9.17, 15) is 4.79 Å². The third-order valence-corrected chi connectivity index (χ3v) is 4.89. The van der Waals surface area contributed by atoms with Crippen LogP contribution in [0, 0.1) is 6.92 Å². The van der Waals surface area contributed by atoms with E-state index in [2.05, 4.69) is 26.6 Å². The summed E-state index contributed by atoms with van der Waals surface area (Å²) < 4.78 is 1.06. The van der Waals surface area contributed by atoms with Gasteiger partial charge >= 0.3 is 0 Å². The number of halogens is 1. The summed E-state index contributed by atoms with van der Waals surface area (Å²) in [4.78, 5) is 11.9. The smallest absolute Gasteiger partial charge is 0.225 e. The van der Waals surface area contributed by atoms with Crippen molar-refractivity contribution in [2.75, 3.05) is 23.4 Å². The number of anilines is 1. The van der Waals surface area contributed by atoms with Crippen LogP contribution in [0.1, 0.15) is 12.0 Å². The first-order valence-corrected chi connectivity index (χ1v) is 7.97.